The first-order chi connectivity index (χ1) is 13.9. The van der Waals surface area contributed by atoms with Gasteiger partial charge in [-0.05, 0) is 44.0 Å². The summed E-state index contributed by atoms with van der Waals surface area (Å²) in [5.41, 5.74) is 1.24. The number of nitrogens with zero attached hydrogens (tertiary/aromatic N) is 1. The molecule has 0 unspecified atom stereocenters. The van der Waals surface area contributed by atoms with E-state index in [1.54, 1.807) is 25.0 Å². The Balaban J connectivity index is 1.95. The summed E-state index contributed by atoms with van der Waals surface area (Å²) in [5.74, 6) is 0.985. The van der Waals surface area contributed by atoms with E-state index in [1.165, 1.54) is 11.3 Å². The fraction of sp³-hybridized carbons (Fsp3) is 0.364. The SMILES string of the molecule is CCCn1ccc2sc(C)c(C(=O)N[C@H](C)c3ccc(OC)c(OC)c3)c2c1=O. The van der Waals surface area contributed by atoms with Crippen molar-refractivity contribution in [2.75, 3.05) is 14.2 Å². The van der Waals surface area contributed by atoms with Crippen LogP contribution in [0.1, 0.15) is 47.1 Å². The smallest absolute Gasteiger partial charge is 0.260 e. The number of hydrogen-bond acceptors (Lipinski definition) is 5. The highest BCUT2D eigenvalue weighted by Gasteiger charge is 2.22. The van der Waals surface area contributed by atoms with E-state index in [0.717, 1.165) is 21.6 Å². The molecular weight excluding hydrogens is 388 g/mol. The van der Waals surface area contributed by atoms with Crippen LogP contribution in [-0.4, -0.2) is 24.7 Å². The second-order valence-electron chi connectivity index (χ2n) is 6.90. The number of carbonyl (C=O) groups excluding carboxylic acids is 1. The molecule has 0 aliphatic carbocycles. The number of aromatic nitrogens is 1. The second kappa shape index (κ2) is 8.69. The summed E-state index contributed by atoms with van der Waals surface area (Å²) in [6, 6.07) is 7.19. The summed E-state index contributed by atoms with van der Waals surface area (Å²) >= 11 is 1.47. The predicted molar refractivity (Wildman–Crippen MR) is 117 cm³/mol. The van der Waals surface area contributed by atoms with Crippen molar-refractivity contribution in [2.24, 2.45) is 0 Å². The zero-order valence-corrected chi connectivity index (χ0v) is 18.2. The van der Waals surface area contributed by atoms with E-state index < -0.39 is 0 Å². The molecular formula is C22H26N2O4S. The van der Waals surface area contributed by atoms with Crippen molar-refractivity contribution in [2.45, 2.75) is 39.8 Å². The van der Waals surface area contributed by atoms with E-state index in [2.05, 4.69) is 5.32 Å². The van der Waals surface area contributed by atoms with Crippen molar-refractivity contribution in [3.8, 4) is 11.5 Å². The van der Waals surface area contributed by atoms with Gasteiger partial charge in [-0.1, -0.05) is 13.0 Å². The monoisotopic (exact) mass is 414 g/mol. The minimum absolute atomic E-state index is 0.113. The molecule has 7 heteroatoms. The molecule has 0 saturated heterocycles. The third-order valence-corrected chi connectivity index (χ3v) is 6.01. The number of thiophene rings is 1. The molecule has 1 aromatic carbocycles. The van der Waals surface area contributed by atoms with Crippen LogP contribution in [0.3, 0.4) is 0 Å². The van der Waals surface area contributed by atoms with Gasteiger partial charge in [0.1, 0.15) is 0 Å². The molecule has 3 rings (SSSR count). The Bertz CT molecular complexity index is 1100. The Morgan fingerprint density at radius 1 is 1.21 bits per heavy atom. The molecule has 0 radical (unpaired) electrons. The first-order valence-electron chi connectivity index (χ1n) is 9.56. The number of nitrogens with one attached hydrogen (secondary N) is 1. The highest BCUT2D eigenvalue weighted by atomic mass is 32.1. The van der Waals surface area contributed by atoms with Crippen LogP contribution in [0.2, 0.25) is 0 Å². The molecule has 0 aliphatic rings. The number of benzene rings is 1. The van der Waals surface area contributed by atoms with Crippen molar-refractivity contribution >= 4 is 27.3 Å². The Morgan fingerprint density at radius 3 is 2.59 bits per heavy atom. The summed E-state index contributed by atoms with van der Waals surface area (Å²) in [6.45, 7) is 6.43. The van der Waals surface area contributed by atoms with Gasteiger partial charge < -0.3 is 19.4 Å². The number of fused-ring (bicyclic) bond motifs is 1. The van der Waals surface area contributed by atoms with Gasteiger partial charge in [0.25, 0.3) is 11.5 Å². The molecule has 1 N–H and O–H groups in total. The lowest BCUT2D eigenvalue weighted by Crippen LogP contribution is -2.28. The highest BCUT2D eigenvalue weighted by molar-refractivity contribution is 7.19. The van der Waals surface area contributed by atoms with Gasteiger partial charge in [-0.2, -0.15) is 0 Å². The molecule has 0 aliphatic heterocycles. The van der Waals surface area contributed by atoms with Crippen molar-refractivity contribution in [1.29, 1.82) is 0 Å². The quantitative estimate of drug-likeness (QED) is 0.626. The Kier molecular flexibility index (Phi) is 6.27. The lowest BCUT2D eigenvalue weighted by Gasteiger charge is -2.17. The van der Waals surface area contributed by atoms with Crippen LogP contribution in [0.25, 0.3) is 10.1 Å². The van der Waals surface area contributed by atoms with E-state index >= 15 is 0 Å². The van der Waals surface area contributed by atoms with Crippen LogP contribution in [-0.2, 0) is 6.54 Å². The van der Waals surface area contributed by atoms with Gasteiger partial charge in [0.05, 0.1) is 31.2 Å². The average Bonchev–Trinajstić information content (AvgIpc) is 3.06. The van der Waals surface area contributed by atoms with Crippen LogP contribution in [0.15, 0.2) is 35.3 Å². The fourth-order valence-electron chi connectivity index (χ4n) is 3.43. The minimum Gasteiger partial charge on any atom is -0.493 e. The molecule has 29 heavy (non-hydrogen) atoms. The molecule has 154 valence electrons. The minimum atomic E-state index is -0.266. The number of ether oxygens (including phenoxy) is 2. The van der Waals surface area contributed by atoms with Gasteiger partial charge in [0.15, 0.2) is 11.5 Å². The normalized spacial score (nSPS) is 12.0. The van der Waals surface area contributed by atoms with E-state index in [9.17, 15) is 9.59 Å². The first-order valence-corrected chi connectivity index (χ1v) is 10.4. The molecule has 0 bridgehead atoms. The van der Waals surface area contributed by atoms with E-state index in [0.29, 0.717) is 29.0 Å². The largest absolute Gasteiger partial charge is 0.493 e. The summed E-state index contributed by atoms with van der Waals surface area (Å²) in [7, 11) is 3.16. The maximum atomic E-state index is 13.1. The number of methoxy groups -OCH3 is 2. The molecule has 0 saturated carbocycles. The Labute approximate surface area is 174 Å². The molecule has 1 atom stereocenters. The standard InChI is InChI=1S/C22H26N2O4S/c1-6-10-24-11-9-18-20(22(24)26)19(14(3)29-18)21(25)23-13(2)15-7-8-16(27-4)17(12-15)28-5/h7-9,11-13H,6,10H2,1-5H3,(H,23,25)/t13-/m1/s1. The molecule has 2 aromatic heterocycles. The van der Waals surface area contributed by atoms with Crippen LogP contribution in [0.5, 0.6) is 11.5 Å². The number of aryl methyl sites for hydroxylation is 2. The van der Waals surface area contributed by atoms with Gasteiger partial charge in [-0.15, -0.1) is 11.3 Å². The molecule has 0 spiro atoms. The maximum Gasteiger partial charge on any atom is 0.260 e. The van der Waals surface area contributed by atoms with Crippen LogP contribution >= 0.6 is 11.3 Å². The van der Waals surface area contributed by atoms with Gasteiger partial charge >= 0.3 is 0 Å². The summed E-state index contributed by atoms with van der Waals surface area (Å²) < 4.78 is 13.1. The number of hydrogen-bond donors (Lipinski definition) is 1. The van der Waals surface area contributed by atoms with Crippen molar-refractivity contribution in [3.05, 3.63) is 56.8 Å². The van der Waals surface area contributed by atoms with Crippen LogP contribution in [0.4, 0.5) is 0 Å². The fourth-order valence-corrected chi connectivity index (χ4v) is 4.48. The number of carbonyl (C=O) groups is 1. The van der Waals surface area contributed by atoms with E-state index in [4.69, 9.17) is 9.47 Å². The number of rotatable bonds is 7. The number of pyridine rings is 1. The third kappa shape index (κ3) is 4.00. The highest BCUT2D eigenvalue weighted by Crippen LogP contribution is 2.31. The summed E-state index contributed by atoms with van der Waals surface area (Å²) in [6.07, 6.45) is 2.66. The number of amides is 1. The van der Waals surface area contributed by atoms with Gasteiger partial charge in [-0.25, -0.2) is 0 Å². The van der Waals surface area contributed by atoms with Gasteiger partial charge in [0, 0.05) is 22.3 Å². The third-order valence-electron chi connectivity index (χ3n) is 4.94. The zero-order chi connectivity index (χ0) is 21.1. The maximum absolute atomic E-state index is 13.1. The van der Waals surface area contributed by atoms with Gasteiger partial charge in [-0.3, -0.25) is 9.59 Å². The molecule has 3 aromatic rings. The van der Waals surface area contributed by atoms with Crippen molar-refractivity contribution in [1.82, 2.24) is 9.88 Å². The topological polar surface area (TPSA) is 69.6 Å². The molecule has 1 amide bonds. The van der Waals surface area contributed by atoms with E-state index in [1.807, 2.05) is 45.0 Å². The first kappa shape index (κ1) is 20.9. The second-order valence-corrected chi connectivity index (χ2v) is 8.15. The van der Waals surface area contributed by atoms with E-state index in [-0.39, 0.29) is 17.5 Å². The zero-order valence-electron chi connectivity index (χ0n) is 17.4. The lowest BCUT2D eigenvalue weighted by molar-refractivity contribution is 0.0941. The lowest BCUT2D eigenvalue weighted by atomic mass is 10.1. The Hall–Kier alpha value is -2.80. The predicted octanol–water partition coefficient (Wildman–Crippen LogP) is 4.29. The molecule has 2 heterocycles. The van der Waals surface area contributed by atoms with Gasteiger partial charge in [0.2, 0.25) is 0 Å². The van der Waals surface area contributed by atoms with Crippen molar-refractivity contribution in [3.63, 3.8) is 0 Å². The molecule has 0 fully saturated rings. The van der Waals surface area contributed by atoms with Crippen molar-refractivity contribution < 1.29 is 14.3 Å². The summed E-state index contributed by atoms with van der Waals surface area (Å²) in [4.78, 5) is 26.9. The molecule has 6 nitrogen and oxygen atoms in total. The van der Waals surface area contributed by atoms with Crippen LogP contribution in [0, 0.1) is 6.92 Å². The Morgan fingerprint density at radius 2 is 1.93 bits per heavy atom. The average molecular weight is 415 g/mol. The van der Waals surface area contributed by atoms with Crippen LogP contribution < -0.4 is 20.3 Å². The summed E-state index contributed by atoms with van der Waals surface area (Å²) in [5, 5.41) is 3.52.